The average Bonchev–Trinajstić information content (AvgIpc) is 3.37. The first-order valence-electron chi connectivity index (χ1n) is 10.1. The van der Waals surface area contributed by atoms with Gasteiger partial charge >= 0.3 is 0 Å². The SMILES string of the molecule is O=C1Nc2ccc(S(=O)(=O)Cc3c(F)cccc3F)cc2SC1=Cc1ccc(-c2nn[nH]n2)cc1. The van der Waals surface area contributed by atoms with Crippen molar-refractivity contribution in [1.82, 2.24) is 20.6 Å². The summed E-state index contributed by atoms with van der Waals surface area (Å²) in [6.45, 7) is 0. The van der Waals surface area contributed by atoms with Crippen molar-refractivity contribution in [3.05, 3.63) is 88.3 Å². The molecule has 2 heterocycles. The van der Waals surface area contributed by atoms with E-state index >= 15 is 0 Å². The topological polar surface area (TPSA) is 118 Å². The summed E-state index contributed by atoms with van der Waals surface area (Å²) in [5.74, 6) is -2.58. The molecule has 12 heteroatoms. The molecule has 0 spiro atoms. The number of rotatable bonds is 5. The second-order valence-corrected chi connectivity index (χ2v) is 10.6. The van der Waals surface area contributed by atoms with Gasteiger partial charge in [-0.25, -0.2) is 17.2 Å². The van der Waals surface area contributed by atoms with E-state index < -0.39 is 32.8 Å². The monoisotopic (exact) mass is 511 g/mol. The Balaban J connectivity index is 1.41. The normalized spacial score (nSPS) is 14.6. The summed E-state index contributed by atoms with van der Waals surface area (Å²) in [7, 11) is -4.05. The second kappa shape index (κ2) is 9.04. The predicted molar refractivity (Wildman–Crippen MR) is 126 cm³/mol. The van der Waals surface area contributed by atoms with Gasteiger partial charge in [-0.2, -0.15) is 5.21 Å². The molecule has 8 nitrogen and oxygen atoms in total. The van der Waals surface area contributed by atoms with Crippen molar-refractivity contribution in [2.24, 2.45) is 0 Å². The number of carbonyl (C=O) groups excluding carboxylic acids is 1. The third-order valence-corrected chi connectivity index (χ3v) is 7.93. The molecule has 1 aliphatic heterocycles. The molecule has 0 aliphatic carbocycles. The molecule has 1 amide bonds. The molecule has 0 saturated carbocycles. The van der Waals surface area contributed by atoms with Gasteiger partial charge in [0.05, 0.1) is 21.2 Å². The number of nitrogens with one attached hydrogen (secondary N) is 2. The molecular weight excluding hydrogens is 496 g/mol. The van der Waals surface area contributed by atoms with E-state index in [-0.39, 0.29) is 10.8 Å². The van der Waals surface area contributed by atoms with Crippen molar-refractivity contribution < 1.29 is 22.0 Å². The number of halogens is 2. The van der Waals surface area contributed by atoms with Crippen molar-refractivity contribution in [3.8, 4) is 11.4 Å². The fourth-order valence-corrected chi connectivity index (χ4v) is 5.90. The lowest BCUT2D eigenvalue weighted by molar-refractivity contribution is -0.112. The van der Waals surface area contributed by atoms with Crippen LogP contribution in [0, 0.1) is 11.6 Å². The number of carbonyl (C=O) groups is 1. The van der Waals surface area contributed by atoms with E-state index in [9.17, 15) is 22.0 Å². The number of anilines is 1. The number of aromatic amines is 1. The molecule has 4 aromatic rings. The van der Waals surface area contributed by atoms with Gasteiger partial charge in [0.15, 0.2) is 9.84 Å². The highest BCUT2D eigenvalue weighted by Gasteiger charge is 2.25. The Hall–Kier alpha value is -3.90. The zero-order chi connectivity index (χ0) is 24.6. The average molecular weight is 512 g/mol. The van der Waals surface area contributed by atoms with Crippen LogP contribution in [0.3, 0.4) is 0 Å². The standard InChI is InChI=1S/C23H15F2N5O3S2/c24-17-2-1-3-18(25)16(17)12-35(32,33)15-8-9-19-20(11-15)34-21(23(31)26-19)10-13-4-6-14(7-5-13)22-27-29-30-28-22/h1-11H,12H2,(H,26,31)(H,27,28,29,30). The van der Waals surface area contributed by atoms with Crippen LogP contribution in [0.2, 0.25) is 0 Å². The Morgan fingerprint density at radius 1 is 1.00 bits per heavy atom. The number of sulfone groups is 1. The van der Waals surface area contributed by atoms with Gasteiger partial charge < -0.3 is 5.32 Å². The third-order valence-electron chi connectivity index (χ3n) is 5.21. The summed E-state index contributed by atoms with van der Waals surface area (Å²) in [4.78, 5) is 13.3. The van der Waals surface area contributed by atoms with E-state index in [1.54, 1.807) is 30.3 Å². The van der Waals surface area contributed by atoms with E-state index in [1.165, 1.54) is 24.3 Å². The summed E-state index contributed by atoms with van der Waals surface area (Å²) in [6.07, 6.45) is 1.67. The summed E-state index contributed by atoms with van der Waals surface area (Å²) >= 11 is 1.10. The molecule has 176 valence electrons. The van der Waals surface area contributed by atoms with E-state index in [0.29, 0.717) is 21.3 Å². The number of hydrogen-bond acceptors (Lipinski definition) is 7. The van der Waals surface area contributed by atoms with Crippen LogP contribution in [0.15, 0.2) is 75.4 Å². The van der Waals surface area contributed by atoms with Crippen LogP contribution < -0.4 is 5.32 Å². The molecule has 35 heavy (non-hydrogen) atoms. The first kappa shape index (κ1) is 22.9. The van der Waals surface area contributed by atoms with Gasteiger partial charge in [-0.05, 0) is 47.2 Å². The van der Waals surface area contributed by atoms with Crippen LogP contribution in [-0.2, 0) is 20.4 Å². The lowest BCUT2D eigenvalue weighted by atomic mass is 10.1. The van der Waals surface area contributed by atoms with Crippen LogP contribution in [0.1, 0.15) is 11.1 Å². The summed E-state index contributed by atoms with van der Waals surface area (Å²) in [5, 5.41) is 16.5. The van der Waals surface area contributed by atoms with Gasteiger partial charge in [0, 0.05) is 16.0 Å². The number of tetrazole rings is 1. The summed E-state index contributed by atoms with van der Waals surface area (Å²) in [6, 6.07) is 14.5. The van der Waals surface area contributed by atoms with Gasteiger partial charge in [-0.15, -0.1) is 10.2 Å². The lowest BCUT2D eigenvalue weighted by Gasteiger charge is -2.19. The summed E-state index contributed by atoms with van der Waals surface area (Å²) < 4.78 is 53.8. The second-order valence-electron chi connectivity index (χ2n) is 7.54. The number of hydrogen-bond donors (Lipinski definition) is 2. The maximum Gasteiger partial charge on any atom is 0.262 e. The molecule has 1 aliphatic rings. The van der Waals surface area contributed by atoms with Crippen molar-refractivity contribution in [3.63, 3.8) is 0 Å². The fraction of sp³-hybridized carbons (Fsp3) is 0.0435. The van der Waals surface area contributed by atoms with Crippen LogP contribution in [0.4, 0.5) is 14.5 Å². The highest BCUT2D eigenvalue weighted by atomic mass is 32.2. The van der Waals surface area contributed by atoms with E-state index in [4.69, 9.17) is 0 Å². The minimum absolute atomic E-state index is 0.105. The molecule has 0 atom stereocenters. The summed E-state index contributed by atoms with van der Waals surface area (Å²) in [5.41, 5.74) is 1.40. The highest BCUT2D eigenvalue weighted by molar-refractivity contribution is 8.04. The molecule has 5 rings (SSSR count). The molecule has 0 radical (unpaired) electrons. The molecule has 0 saturated heterocycles. The Labute approximate surface area is 202 Å². The van der Waals surface area contributed by atoms with Gasteiger partial charge in [-0.3, -0.25) is 4.79 Å². The van der Waals surface area contributed by atoms with Gasteiger partial charge in [0.25, 0.3) is 5.91 Å². The largest absolute Gasteiger partial charge is 0.320 e. The predicted octanol–water partition coefficient (Wildman–Crippen LogP) is 4.20. The molecule has 0 fully saturated rings. The Kier molecular flexibility index (Phi) is 5.91. The lowest BCUT2D eigenvalue weighted by Crippen LogP contribution is -2.18. The molecule has 1 aromatic heterocycles. The Bertz CT molecular complexity index is 1550. The van der Waals surface area contributed by atoms with E-state index in [2.05, 4.69) is 25.9 Å². The quantitative estimate of drug-likeness (QED) is 0.386. The third kappa shape index (κ3) is 4.70. The van der Waals surface area contributed by atoms with Crippen molar-refractivity contribution in [1.29, 1.82) is 0 Å². The minimum Gasteiger partial charge on any atom is -0.320 e. The fourth-order valence-electron chi connectivity index (χ4n) is 3.44. The van der Waals surface area contributed by atoms with Crippen LogP contribution in [0.25, 0.3) is 17.5 Å². The molecule has 3 aromatic carbocycles. The van der Waals surface area contributed by atoms with Gasteiger partial charge in [0.2, 0.25) is 5.82 Å². The first-order chi connectivity index (χ1) is 16.8. The molecule has 0 bridgehead atoms. The van der Waals surface area contributed by atoms with E-state index in [0.717, 1.165) is 35.0 Å². The highest BCUT2D eigenvalue weighted by Crippen LogP contribution is 2.40. The van der Waals surface area contributed by atoms with Gasteiger partial charge in [0.1, 0.15) is 11.6 Å². The molecular formula is C23H15F2N5O3S2. The van der Waals surface area contributed by atoms with Gasteiger partial charge in [-0.1, -0.05) is 42.1 Å². The van der Waals surface area contributed by atoms with Crippen molar-refractivity contribution in [2.75, 3.05) is 5.32 Å². The zero-order valence-electron chi connectivity index (χ0n) is 17.7. The molecule has 0 unspecified atom stereocenters. The number of H-pyrrole nitrogens is 1. The van der Waals surface area contributed by atoms with Crippen LogP contribution in [0.5, 0.6) is 0 Å². The number of thioether (sulfide) groups is 1. The Morgan fingerprint density at radius 3 is 2.43 bits per heavy atom. The number of aromatic nitrogens is 4. The zero-order valence-corrected chi connectivity index (χ0v) is 19.3. The maximum absolute atomic E-state index is 14.0. The Morgan fingerprint density at radius 2 is 1.74 bits per heavy atom. The van der Waals surface area contributed by atoms with E-state index in [1.807, 2.05) is 0 Å². The first-order valence-corrected chi connectivity index (χ1v) is 12.6. The number of fused-ring (bicyclic) bond motifs is 1. The van der Waals surface area contributed by atoms with Crippen LogP contribution in [-0.4, -0.2) is 34.9 Å². The molecule has 2 N–H and O–H groups in total. The number of nitrogens with zero attached hydrogens (tertiary/aromatic N) is 3. The van der Waals surface area contributed by atoms with Crippen molar-refractivity contribution in [2.45, 2.75) is 15.5 Å². The van der Waals surface area contributed by atoms with Crippen molar-refractivity contribution >= 4 is 39.3 Å². The maximum atomic E-state index is 14.0. The van der Waals surface area contributed by atoms with Crippen LogP contribution >= 0.6 is 11.8 Å². The number of benzene rings is 3. The minimum atomic E-state index is -4.05. The number of amides is 1. The smallest absolute Gasteiger partial charge is 0.262 e.